The molecule has 0 fully saturated rings. The van der Waals surface area contributed by atoms with Gasteiger partial charge in [-0.2, -0.15) is 0 Å². The van der Waals surface area contributed by atoms with Crippen LogP contribution in [0.25, 0.3) is 21.9 Å². The van der Waals surface area contributed by atoms with Crippen LogP contribution in [0.4, 0.5) is 0 Å². The van der Waals surface area contributed by atoms with Crippen molar-refractivity contribution in [2.24, 2.45) is 0 Å². The molecule has 1 aromatic heterocycles. The van der Waals surface area contributed by atoms with Crippen molar-refractivity contribution in [3.05, 3.63) is 60.9 Å². The number of benzene rings is 2. The molecule has 1 heteroatoms. The topological polar surface area (TPSA) is 15.8 Å². The van der Waals surface area contributed by atoms with Crippen molar-refractivity contribution in [3.63, 3.8) is 0 Å². The van der Waals surface area contributed by atoms with Gasteiger partial charge in [0, 0.05) is 24.0 Å². The van der Waals surface area contributed by atoms with Crippen LogP contribution in [0.3, 0.4) is 0 Å². The number of aromatic nitrogens is 1. The van der Waals surface area contributed by atoms with Crippen molar-refractivity contribution in [2.45, 2.75) is 0 Å². The molecule has 0 unspecified atom stereocenters. The Morgan fingerprint density at radius 1 is 0.933 bits per heavy atom. The molecular formula is C14H10N. The Balaban J connectivity index is 2.22. The van der Waals surface area contributed by atoms with E-state index in [9.17, 15) is 0 Å². The molecule has 1 nitrogen and oxygen atoms in total. The van der Waals surface area contributed by atoms with Gasteiger partial charge in [-0.25, -0.2) is 0 Å². The third kappa shape index (κ3) is 1.42. The SMILES string of the molecule is [c]1c[nH]cc1-c1ccc2ccccc2c1. The number of aromatic amines is 1. The smallest absolute Gasteiger partial charge is 0.00914 e. The Morgan fingerprint density at radius 3 is 2.60 bits per heavy atom. The maximum absolute atomic E-state index is 3.16. The Labute approximate surface area is 88.4 Å². The van der Waals surface area contributed by atoms with Crippen molar-refractivity contribution in [3.8, 4) is 11.1 Å². The summed E-state index contributed by atoms with van der Waals surface area (Å²) in [4.78, 5) is 3.02. The van der Waals surface area contributed by atoms with Crippen LogP contribution in [-0.2, 0) is 0 Å². The summed E-state index contributed by atoms with van der Waals surface area (Å²) in [6.45, 7) is 0. The minimum absolute atomic E-state index is 1.11. The second kappa shape index (κ2) is 3.28. The molecule has 0 aliphatic carbocycles. The van der Waals surface area contributed by atoms with Crippen molar-refractivity contribution in [2.75, 3.05) is 0 Å². The van der Waals surface area contributed by atoms with Crippen LogP contribution in [0.15, 0.2) is 54.9 Å². The first-order valence-corrected chi connectivity index (χ1v) is 4.97. The number of hydrogen-bond donors (Lipinski definition) is 1. The maximum Gasteiger partial charge on any atom is 0.00914 e. The molecule has 1 N–H and O–H groups in total. The maximum atomic E-state index is 3.16. The second-order valence-electron chi connectivity index (χ2n) is 3.58. The van der Waals surface area contributed by atoms with Crippen molar-refractivity contribution < 1.29 is 0 Å². The average Bonchev–Trinajstić information content (AvgIpc) is 2.82. The van der Waals surface area contributed by atoms with E-state index in [0.29, 0.717) is 0 Å². The monoisotopic (exact) mass is 192 g/mol. The quantitative estimate of drug-likeness (QED) is 0.606. The summed E-state index contributed by atoms with van der Waals surface area (Å²) >= 11 is 0. The van der Waals surface area contributed by atoms with E-state index in [4.69, 9.17) is 0 Å². The fourth-order valence-electron chi connectivity index (χ4n) is 1.81. The predicted molar refractivity (Wildman–Crippen MR) is 62.6 cm³/mol. The van der Waals surface area contributed by atoms with Crippen molar-refractivity contribution >= 4 is 10.8 Å². The van der Waals surface area contributed by atoms with Gasteiger partial charge in [-0.15, -0.1) is 0 Å². The van der Waals surface area contributed by atoms with Gasteiger partial charge >= 0.3 is 0 Å². The zero-order valence-corrected chi connectivity index (χ0v) is 8.20. The van der Waals surface area contributed by atoms with Gasteiger partial charge in [0.25, 0.3) is 0 Å². The molecule has 2 aromatic carbocycles. The van der Waals surface area contributed by atoms with Crippen molar-refractivity contribution in [1.82, 2.24) is 4.98 Å². The molecule has 0 amide bonds. The van der Waals surface area contributed by atoms with E-state index in [1.165, 1.54) is 16.3 Å². The van der Waals surface area contributed by atoms with E-state index in [2.05, 4.69) is 53.5 Å². The summed E-state index contributed by atoms with van der Waals surface area (Å²) in [5, 5.41) is 2.54. The first-order chi connectivity index (χ1) is 7.43. The number of rotatable bonds is 1. The molecule has 3 aromatic rings. The highest BCUT2D eigenvalue weighted by atomic mass is 14.6. The zero-order chi connectivity index (χ0) is 10.1. The zero-order valence-electron chi connectivity index (χ0n) is 8.20. The fraction of sp³-hybridized carbons (Fsp3) is 0. The lowest BCUT2D eigenvalue weighted by molar-refractivity contribution is 1.41. The van der Waals surface area contributed by atoms with E-state index >= 15 is 0 Å². The predicted octanol–water partition coefficient (Wildman–Crippen LogP) is 3.64. The van der Waals surface area contributed by atoms with Crippen LogP contribution in [0.1, 0.15) is 0 Å². The summed E-state index contributed by atoms with van der Waals surface area (Å²) in [5.74, 6) is 0. The molecule has 71 valence electrons. The van der Waals surface area contributed by atoms with Gasteiger partial charge in [-0.05, 0) is 22.4 Å². The van der Waals surface area contributed by atoms with E-state index < -0.39 is 0 Å². The largest absolute Gasteiger partial charge is 0.366 e. The number of fused-ring (bicyclic) bond motifs is 1. The van der Waals surface area contributed by atoms with Gasteiger partial charge in [0.15, 0.2) is 0 Å². The highest BCUT2D eigenvalue weighted by Crippen LogP contribution is 2.23. The number of nitrogens with one attached hydrogen (secondary N) is 1. The molecule has 0 atom stereocenters. The fourth-order valence-corrected chi connectivity index (χ4v) is 1.81. The molecule has 15 heavy (non-hydrogen) atoms. The summed E-state index contributed by atoms with van der Waals surface area (Å²) in [6.07, 6.45) is 3.79. The Kier molecular flexibility index (Phi) is 1.82. The van der Waals surface area contributed by atoms with E-state index in [1.54, 1.807) is 0 Å². The van der Waals surface area contributed by atoms with E-state index in [-0.39, 0.29) is 0 Å². The van der Waals surface area contributed by atoms with Crippen LogP contribution in [0.5, 0.6) is 0 Å². The minimum atomic E-state index is 1.11. The molecule has 3 rings (SSSR count). The first kappa shape index (κ1) is 8.30. The molecule has 0 aliphatic heterocycles. The molecule has 1 heterocycles. The van der Waals surface area contributed by atoms with Gasteiger partial charge in [0.2, 0.25) is 0 Å². The minimum Gasteiger partial charge on any atom is -0.366 e. The molecule has 0 saturated heterocycles. The van der Waals surface area contributed by atoms with Crippen LogP contribution < -0.4 is 0 Å². The molecule has 0 saturated carbocycles. The molecular weight excluding hydrogens is 182 g/mol. The van der Waals surface area contributed by atoms with E-state index in [1.807, 2.05) is 12.4 Å². The highest BCUT2D eigenvalue weighted by Gasteiger charge is 1.99. The summed E-state index contributed by atoms with van der Waals surface area (Å²) in [7, 11) is 0. The Bertz CT molecular complexity index is 579. The normalized spacial score (nSPS) is 10.7. The van der Waals surface area contributed by atoms with Crippen LogP contribution in [-0.4, -0.2) is 4.98 Å². The van der Waals surface area contributed by atoms with Gasteiger partial charge < -0.3 is 4.98 Å². The third-order valence-electron chi connectivity index (χ3n) is 2.60. The molecule has 1 radical (unpaired) electrons. The van der Waals surface area contributed by atoms with Gasteiger partial charge in [-0.1, -0.05) is 36.4 Å². The van der Waals surface area contributed by atoms with Gasteiger partial charge in [0.05, 0.1) is 0 Å². The Morgan fingerprint density at radius 2 is 1.80 bits per heavy atom. The summed E-state index contributed by atoms with van der Waals surface area (Å²) in [5.41, 5.74) is 2.32. The van der Waals surface area contributed by atoms with Crippen LogP contribution in [0.2, 0.25) is 0 Å². The molecule has 0 bridgehead atoms. The van der Waals surface area contributed by atoms with Crippen LogP contribution >= 0.6 is 0 Å². The lowest BCUT2D eigenvalue weighted by Gasteiger charge is -2.00. The average molecular weight is 192 g/mol. The second-order valence-corrected chi connectivity index (χ2v) is 3.58. The van der Waals surface area contributed by atoms with Crippen LogP contribution in [0, 0.1) is 6.07 Å². The molecule has 0 spiro atoms. The standard InChI is InChI=1S/C14H10N/c1-2-4-12-9-13(6-5-11(12)3-1)14-7-8-15-10-14/h1-6,8-10,15H. The van der Waals surface area contributed by atoms with Gasteiger partial charge in [0.1, 0.15) is 0 Å². The lowest BCUT2D eigenvalue weighted by atomic mass is 10.0. The number of hydrogen-bond acceptors (Lipinski definition) is 0. The van der Waals surface area contributed by atoms with Gasteiger partial charge in [-0.3, -0.25) is 0 Å². The first-order valence-electron chi connectivity index (χ1n) is 4.97. The third-order valence-corrected chi connectivity index (χ3v) is 2.60. The summed E-state index contributed by atoms with van der Waals surface area (Å²) < 4.78 is 0. The molecule has 0 aliphatic rings. The highest BCUT2D eigenvalue weighted by molar-refractivity contribution is 5.87. The van der Waals surface area contributed by atoms with Crippen molar-refractivity contribution in [1.29, 1.82) is 0 Å². The lowest BCUT2D eigenvalue weighted by Crippen LogP contribution is -1.76. The Hall–Kier alpha value is -2.02. The van der Waals surface area contributed by atoms with E-state index in [0.717, 1.165) is 5.56 Å². The number of H-pyrrole nitrogens is 1. The summed E-state index contributed by atoms with van der Waals surface area (Å²) in [6, 6.07) is 18.0.